The van der Waals surface area contributed by atoms with Gasteiger partial charge in [-0.1, -0.05) is 0 Å². The molecule has 2 heterocycles. The van der Waals surface area contributed by atoms with Crippen molar-refractivity contribution < 1.29 is 14.4 Å². The van der Waals surface area contributed by atoms with E-state index in [-0.39, 0.29) is 5.13 Å². The first-order valence-electron chi connectivity index (χ1n) is 4.96. The Morgan fingerprint density at radius 2 is 2.00 bits per heavy atom. The molecule has 1 saturated heterocycles. The predicted octanol–water partition coefficient (Wildman–Crippen LogP) is 1.06. The molecule has 0 radical (unpaired) electrons. The van der Waals surface area contributed by atoms with E-state index in [1.807, 2.05) is 0 Å². The van der Waals surface area contributed by atoms with E-state index >= 15 is 0 Å². The van der Waals surface area contributed by atoms with Crippen LogP contribution in [0.3, 0.4) is 0 Å². The molecule has 90 valence electrons. The van der Waals surface area contributed by atoms with E-state index in [4.69, 9.17) is 0 Å². The van der Waals surface area contributed by atoms with Crippen LogP contribution in [0.1, 0.15) is 19.5 Å². The lowest BCUT2D eigenvalue weighted by Crippen LogP contribution is -2.62. The molecule has 0 saturated carbocycles. The van der Waals surface area contributed by atoms with Gasteiger partial charge in [0.15, 0.2) is 0 Å². The SMILES string of the molecule is Cc1csc(N2C(=O)NC(=O)C(C)(C)C2=O)n1. The van der Waals surface area contributed by atoms with Gasteiger partial charge in [-0.05, 0) is 20.8 Å². The van der Waals surface area contributed by atoms with Crippen LogP contribution in [-0.2, 0) is 9.59 Å². The third-order valence-electron chi connectivity index (χ3n) is 2.53. The lowest BCUT2D eigenvalue weighted by molar-refractivity contribution is -0.140. The number of nitrogens with zero attached hydrogens (tertiary/aromatic N) is 2. The lowest BCUT2D eigenvalue weighted by atomic mass is 9.89. The number of aromatic nitrogens is 1. The molecule has 0 bridgehead atoms. The standard InChI is InChI=1S/C10H11N3O3S/c1-5-4-17-9(11-5)13-7(15)10(2,3)6(14)12-8(13)16/h4H,1-3H3,(H,12,14,16). The van der Waals surface area contributed by atoms with E-state index in [1.54, 1.807) is 12.3 Å². The van der Waals surface area contributed by atoms with E-state index < -0.39 is 23.3 Å². The highest BCUT2D eigenvalue weighted by Gasteiger charge is 2.48. The number of hydrogen-bond acceptors (Lipinski definition) is 5. The Labute approximate surface area is 102 Å². The Bertz CT molecular complexity index is 521. The maximum atomic E-state index is 12.1. The number of aryl methyl sites for hydroxylation is 1. The van der Waals surface area contributed by atoms with Crippen LogP contribution in [0, 0.1) is 12.3 Å². The van der Waals surface area contributed by atoms with Crippen LogP contribution in [-0.4, -0.2) is 22.8 Å². The molecule has 17 heavy (non-hydrogen) atoms. The zero-order valence-electron chi connectivity index (χ0n) is 9.60. The van der Waals surface area contributed by atoms with Gasteiger partial charge < -0.3 is 0 Å². The summed E-state index contributed by atoms with van der Waals surface area (Å²) in [5.41, 5.74) is -0.534. The van der Waals surface area contributed by atoms with Crippen molar-refractivity contribution in [3.05, 3.63) is 11.1 Å². The van der Waals surface area contributed by atoms with Gasteiger partial charge in [-0.25, -0.2) is 14.7 Å². The summed E-state index contributed by atoms with van der Waals surface area (Å²) in [6.45, 7) is 4.72. The Morgan fingerprint density at radius 3 is 2.53 bits per heavy atom. The molecule has 0 atom stereocenters. The van der Waals surface area contributed by atoms with Gasteiger partial charge in [-0.2, -0.15) is 0 Å². The van der Waals surface area contributed by atoms with Crippen molar-refractivity contribution >= 4 is 34.3 Å². The van der Waals surface area contributed by atoms with Gasteiger partial charge in [-0.15, -0.1) is 11.3 Å². The topological polar surface area (TPSA) is 79.4 Å². The monoisotopic (exact) mass is 253 g/mol. The first kappa shape index (κ1) is 11.7. The van der Waals surface area contributed by atoms with Gasteiger partial charge in [0.2, 0.25) is 11.0 Å². The van der Waals surface area contributed by atoms with Crippen molar-refractivity contribution in [2.24, 2.45) is 5.41 Å². The Kier molecular flexibility index (Phi) is 2.50. The number of carbonyl (C=O) groups excluding carboxylic acids is 3. The van der Waals surface area contributed by atoms with Crippen molar-refractivity contribution in [1.29, 1.82) is 0 Å². The molecule has 1 aromatic heterocycles. The largest absolute Gasteiger partial charge is 0.337 e. The quantitative estimate of drug-likeness (QED) is 0.759. The normalized spacial score (nSPS) is 19.5. The van der Waals surface area contributed by atoms with Crippen molar-refractivity contribution in [3.63, 3.8) is 0 Å². The lowest BCUT2D eigenvalue weighted by Gasteiger charge is -2.32. The molecule has 7 heteroatoms. The minimum Gasteiger partial charge on any atom is -0.276 e. The Hall–Kier alpha value is -1.76. The van der Waals surface area contributed by atoms with Crippen LogP contribution in [0.15, 0.2) is 5.38 Å². The van der Waals surface area contributed by atoms with Gasteiger partial charge >= 0.3 is 6.03 Å². The number of hydrogen-bond donors (Lipinski definition) is 1. The molecule has 6 nitrogen and oxygen atoms in total. The van der Waals surface area contributed by atoms with Gasteiger partial charge in [0, 0.05) is 5.38 Å². The summed E-state index contributed by atoms with van der Waals surface area (Å²) < 4.78 is 0. The number of nitrogens with one attached hydrogen (secondary N) is 1. The maximum absolute atomic E-state index is 12.1. The minimum atomic E-state index is -1.26. The minimum absolute atomic E-state index is 0.283. The number of imide groups is 2. The summed E-state index contributed by atoms with van der Waals surface area (Å²) in [5, 5.41) is 4.17. The fourth-order valence-electron chi connectivity index (χ4n) is 1.40. The smallest absolute Gasteiger partial charge is 0.276 e. The first-order valence-corrected chi connectivity index (χ1v) is 5.84. The zero-order valence-corrected chi connectivity index (χ0v) is 10.4. The van der Waals surface area contributed by atoms with Crippen molar-refractivity contribution in [1.82, 2.24) is 10.3 Å². The van der Waals surface area contributed by atoms with Gasteiger partial charge in [0.1, 0.15) is 5.41 Å². The Morgan fingerprint density at radius 1 is 1.35 bits per heavy atom. The van der Waals surface area contributed by atoms with Crippen molar-refractivity contribution in [2.75, 3.05) is 4.90 Å². The number of thiazole rings is 1. The molecule has 0 aromatic carbocycles. The number of barbiturate groups is 1. The number of amides is 4. The summed E-state index contributed by atoms with van der Waals surface area (Å²) in [5.74, 6) is -1.14. The summed E-state index contributed by atoms with van der Waals surface area (Å²) in [6.07, 6.45) is 0. The molecule has 1 aliphatic heterocycles. The van der Waals surface area contributed by atoms with Crippen LogP contribution in [0.2, 0.25) is 0 Å². The molecule has 1 aromatic rings. The maximum Gasteiger partial charge on any atom is 0.337 e. The zero-order chi connectivity index (χ0) is 12.8. The van der Waals surface area contributed by atoms with Gasteiger partial charge in [0.25, 0.3) is 5.91 Å². The molecule has 4 amide bonds. The van der Waals surface area contributed by atoms with Crippen molar-refractivity contribution in [3.8, 4) is 0 Å². The van der Waals surface area contributed by atoms with Crippen LogP contribution < -0.4 is 10.2 Å². The molecule has 1 fully saturated rings. The summed E-state index contributed by atoms with van der Waals surface area (Å²) in [6, 6.07) is -0.742. The van der Waals surface area contributed by atoms with E-state index in [2.05, 4.69) is 10.3 Å². The molecule has 1 N–H and O–H groups in total. The van der Waals surface area contributed by atoms with Crippen LogP contribution in [0.5, 0.6) is 0 Å². The van der Waals surface area contributed by atoms with E-state index in [1.165, 1.54) is 25.2 Å². The molecule has 1 aliphatic rings. The van der Waals surface area contributed by atoms with E-state index in [0.717, 1.165) is 10.6 Å². The van der Waals surface area contributed by atoms with E-state index in [0.29, 0.717) is 0 Å². The highest BCUT2D eigenvalue weighted by Crippen LogP contribution is 2.29. The number of rotatable bonds is 1. The highest BCUT2D eigenvalue weighted by molar-refractivity contribution is 7.14. The molecule has 2 rings (SSSR count). The summed E-state index contributed by atoms with van der Waals surface area (Å²) >= 11 is 1.19. The molecule has 0 spiro atoms. The summed E-state index contributed by atoms with van der Waals surface area (Å²) in [4.78, 5) is 40.3. The molecular weight excluding hydrogens is 242 g/mol. The van der Waals surface area contributed by atoms with Crippen molar-refractivity contribution in [2.45, 2.75) is 20.8 Å². The average Bonchev–Trinajstić information content (AvgIpc) is 2.63. The fraction of sp³-hybridized carbons (Fsp3) is 0.400. The third-order valence-corrected chi connectivity index (χ3v) is 3.47. The average molecular weight is 253 g/mol. The van der Waals surface area contributed by atoms with E-state index in [9.17, 15) is 14.4 Å². The highest BCUT2D eigenvalue weighted by atomic mass is 32.1. The van der Waals surface area contributed by atoms with Crippen LogP contribution in [0.4, 0.5) is 9.93 Å². The Balaban J connectivity index is 2.44. The van der Waals surface area contributed by atoms with Crippen LogP contribution in [0.25, 0.3) is 0 Å². The second-order valence-electron chi connectivity index (χ2n) is 4.30. The second kappa shape index (κ2) is 3.63. The number of urea groups is 1. The van der Waals surface area contributed by atoms with Gasteiger partial charge in [0.05, 0.1) is 5.69 Å². The second-order valence-corrected chi connectivity index (χ2v) is 5.13. The van der Waals surface area contributed by atoms with Crippen LogP contribution >= 0.6 is 11.3 Å². The summed E-state index contributed by atoms with van der Waals surface area (Å²) in [7, 11) is 0. The third kappa shape index (κ3) is 1.72. The number of carbonyl (C=O) groups is 3. The van der Waals surface area contributed by atoms with Gasteiger partial charge in [-0.3, -0.25) is 14.9 Å². The fourth-order valence-corrected chi connectivity index (χ4v) is 2.19. The molecule has 0 aliphatic carbocycles. The number of anilines is 1. The molecule has 0 unspecified atom stereocenters. The predicted molar refractivity (Wildman–Crippen MR) is 61.7 cm³/mol. The molecular formula is C10H11N3O3S. The first-order chi connectivity index (χ1) is 7.84.